The molecule has 0 bridgehead atoms. The van der Waals surface area contributed by atoms with Gasteiger partial charge in [-0.15, -0.1) is 0 Å². The van der Waals surface area contributed by atoms with Crippen molar-refractivity contribution in [1.29, 1.82) is 0 Å². The molecule has 5 rings (SSSR count). The molecule has 2 aliphatic rings. The number of aromatic nitrogens is 4. The van der Waals surface area contributed by atoms with Gasteiger partial charge in [-0.25, -0.2) is 9.78 Å². The number of benzene rings is 1. The van der Waals surface area contributed by atoms with Crippen molar-refractivity contribution in [3.63, 3.8) is 0 Å². The van der Waals surface area contributed by atoms with Gasteiger partial charge in [0.1, 0.15) is 0 Å². The van der Waals surface area contributed by atoms with Gasteiger partial charge < -0.3 is 25.4 Å². The monoisotopic (exact) mass is 451 g/mol. The lowest BCUT2D eigenvalue weighted by Crippen LogP contribution is -2.37. The van der Waals surface area contributed by atoms with Crippen molar-refractivity contribution in [3.05, 3.63) is 30.0 Å². The third-order valence-electron chi connectivity index (χ3n) is 6.46. The maximum atomic E-state index is 11.6. The second kappa shape index (κ2) is 9.32. The van der Waals surface area contributed by atoms with E-state index in [1.165, 1.54) is 0 Å². The standard InChI is InChI=1S/C23H29N7O3/c1-24-23(32)25-16-6-2-14(3-7-16)19-18-20(15-4-8-17(31)9-5-15)28-29-21(18)27-22(26-19)30-10-12-33-13-11-30/h2-3,6-7,15,17,31H,4-5,8-13H2,1H3,(H2,24,25,32)(H,26,27,28,29)/t15-,17-. The predicted octanol–water partition coefficient (Wildman–Crippen LogP) is 2.63. The molecule has 0 unspecified atom stereocenters. The molecule has 10 nitrogen and oxygen atoms in total. The van der Waals surface area contributed by atoms with E-state index in [2.05, 4.69) is 25.7 Å². The summed E-state index contributed by atoms with van der Waals surface area (Å²) in [6.45, 7) is 2.77. The topological polar surface area (TPSA) is 128 Å². The molecule has 1 aliphatic carbocycles. The number of carbonyl (C=O) groups excluding carboxylic acids is 1. The van der Waals surface area contributed by atoms with Gasteiger partial charge in [0.25, 0.3) is 0 Å². The molecule has 1 saturated heterocycles. The lowest BCUT2D eigenvalue weighted by atomic mass is 9.84. The van der Waals surface area contributed by atoms with Crippen LogP contribution in [0.15, 0.2) is 24.3 Å². The molecule has 0 radical (unpaired) electrons. The van der Waals surface area contributed by atoms with Crippen molar-refractivity contribution in [1.82, 2.24) is 25.5 Å². The van der Waals surface area contributed by atoms with E-state index >= 15 is 0 Å². The smallest absolute Gasteiger partial charge is 0.318 e. The van der Waals surface area contributed by atoms with Crippen LogP contribution in [0.4, 0.5) is 16.4 Å². The van der Waals surface area contributed by atoms with Crippen LogP contribution in [0.1, 0.15) is 37.3 Å². The zero-order valence-electron chi connectivity index (χ0n) is 18.7. The van der Waals surface area contributed by atoms with E-state index in [9.17, 15) is 9.90 Å². The van der Waals surface area contributed by atoms with Crippen molar-refractivity contribution < 1.29 is 14.6 Å². The maximum Gasteiger partial charge on any atom is 0.318 e. The molecule has 3 heterocycles. The molecule has 1 saturated carbocycles. The number of rotatable bonds is 4. The average molecular weight is 452 g/mol. The largest absolute Gasteiger partial charge is 0.393 e. The molecule has 0 atom stereocenters. The van der Waals surface area contributed by atoms with Crippen LogP contribution in [0.2, 0.25) is 0 Å². The van der Waals surface area contributed by atoms with Crippen molar-refractivity contribution >= 4 is 28.7 Å². The molecule has 4 N–H and O–H groups in total. The minimum atomic E-state index is -0.265. The predicted molar refractivity (Wildman–Crippen MR) is 125 cm³/mol. The SMILES string of the molecule is CNC(=O)Nc1ccc(-c2nc(N3CCOCC3)nc3[nH]nc([C@H]4CC[C@H](O)CC4)c23)cc1. The number of morpholine rings is 1. The number of aliphatic hydroxyl groups excluding tert-OH is 1. The fraction of sp³-hybridized carbons (Fsp3) is 0.478. The minimum absolute atomic E-state index is 0.226. The van der Waals surface area contributed by atoms with Gasteiger partial charge in [-0.3, -0.25) is 5.10 Å². The molecular weight excluding hydrogens is 422 g/mol. The molecule has 2 amide bonds. The summed E-state index contributed by atoms with van der Waals surface area (Å²) in [5.74, 6) is 0.913. The summed E-state index contributed by atoms with van der Waals surface area (Å²) in [7, 11) is 1.58. The molecule has 33 heavy (non-hydrogen) atoms. The van der Waals surface area contributed by atoms with Crippen LogP contribution in [-0.4, -0.2) is 70.8 Å². The Morgan fingerprint density at radius 2 is 1.85 bits per heavy atom. The van der Waals surface area contributed by atoms with Gasteiger partial charge in [-0.1, -0.05) is 12.1 Å². The summed E-state index contributed by atoms with van der Waals surface area (Å²) in [6, 6.07) is 7.38. The number of aromatic amines is 1. The van der Waals surface area contributed by atoms with Crippen LogP contribution in [0.3, 0.4) is 0 Å². The summed E-state index contributed by atoms with van der Waals surface area (Å²) in [5.41, 5.74) is 4.13. The summed E-state index contributed by atoms with van der Waals surface area (Å²) in [6.07, 6.45) is 3.11. The second-order valence-corrected chi connectivity index (χ2v) is 8.59. The number of amides is 2. The Balaban J connectivity index is 1.57. The zero-order valence-corrected chi connectivity index (χ0v) is 18.7. The number of nitrogens with one attached hydrogen (secondary N) is 3. The summed E-state index contributed by atoms with van der Waals surface area (Å²) in [4.78, 5) is 23.6. The van der Waals surface area contributed by atoms with Gasteiger partial charge in [0, 0.05) is 37.3 Å². The Morgan fingerprint density at radius 1 is 1.12 bits per heavy atom. The van der Waals surface area contributed by atoms with Crippen LogP contribution in [0, 0.1) is 0 Å². The number of urea groups is 1. The fourth-order valence-electron chi connectivity index (χ4n) is 4.60. The van der Waals surface area contributed by atoms with Gasteiger partial charge in [0.2, 0.25) is 5.95 Å². The van der Waals surface area contributed by atoms with Crippen LogP contribution < -0.4 is 15.5 Å². The normalized spacial score (nSPS) is 21.2. The van der Waals surface area contributed by atoms with Gasteiger partial charge >= 0.3 is 6.03 Å². The first-order valence-corrected chi connectivity index (χ1v) is 11.5. The third kappa shape index (κ3) is 4.49. The third-order valence-corrected chi connectivity index (χ3v) is 6.46. The van der Waals surface area contributed by atoms with Gasteiger partial charge in [0.05, 0.1) is 36.1 Å². The van der Waals surface area contributed by atoms with E-state index in [4.69, 9.17) is 14.7 Å². The minimum Gasteiger partial charge on any atom is -0.393 e. The molecule has 1 aliphatic heterocycles. The van der Waals surface area contributed by atoms with Crippen molar-refractivity contribution in [3.8, 4) is 11.3 Å². The Labute approximate surface area is 191 Å². The second-order valence-electron chi connectivity index (χ2n) is 8.59. The number of fused-ring (bicyclic) bond motifs is 1. The zero-order chi connectivity index (χ0) is 22.8. The van der Waals surface area contributed by atoms with E-state index in [0.717, 1.165) is 66.8 Å². The summed E-state index contributed by atoms with van der Waals surface area (Å²) >= 11 is 0. The lowest BCUT2D eigenvalue weighted by molar-refractivity contribution is 0.122. The van der Waals surface area contributed by atoms with Crippen molar-refractivity contribution in [2.75, 3.05) is 43.6 Å². The molecule has 0 spiro atoms. The number of nitrogens with zero attached hydrogens (tertiary/aromatic N) is 4. The quantitative estimate of drug-likeness (QED) is 0.480. The highest BCUT2D eigenvalue weighted by atomic mass is 16.5. The molecule has 1 aromatic carbocycles. The Kier molecular flexibility index (Phi) is 6.10. The highest BCUT2D eigenvalue weighted by molar-refractivity contribution is 5.94. The first-order valence-electron chi connectivity index (χ1n) is 11.5. The van der Waals surface area contributed by atoms with E-state index < -0.39 is 0 Å². The summed E-state index contributed by atoms with van der Waals surface area (Å²) in [5, 5.41) is 24.0. The number of carbonyl (C=O) groups is 1. The summed E-state index contributed by atoms with van der Waals surface area (Å²) < 4.78 is 5.49. The van der Waals surface area contributed by atoms with Crippen LogP contribution >= 0.6 is 0 Å². The fourth-order valence-corrected chi connectivity index (χ4v) is 4.60. The van der Waals surface area contributed by atoms with Crippen LogP contribution in [0.25, 0.3) is 22.3 Å². The highest BCUT2D eigenvalue weighted by Gasteiger charge is 2.28. The molecular formula is C23H29N7O3. The average Bonchev–Trinajstić information content (AvgIpc) is 3.29. The number of H-pyrrole nitrogens is 1. The molecule has 3 aromatic rings. The first-order chi connectivity index (χ1) is 16.1. The van der Waals surface area contributed by atoms with E-state index in [1.807, 2.05) is 24.3 Å². The van der Waals surface area contributed by atoms with Gasteiger partial charge in [-0.05, 0) is 37.8 Å². The van der Waals surface area contributed by atoms with Crippen LogP contribution in [0.5, 0.6) is 0 Å². The molecule has 2 fully saturated rings. The maximum absolute atomic E-state index is 11.6. The number of anilines is 2. The first kappa shape index (κ1) is 21.6. The Morgan fingerprint density at radius 3 is 2.55 bits per heavy atom. The van der Waals surface area contributed by atoms with Gasteiger partial charge in [0.15, 0.2) is 5.65 Å². The number of aliphatic hydroxyl groups is 1. The molecule has 2 aromatic heterocycles. The Hall–Kier alpha value is -3.24. The van der Waals surface area contributed by atoms with Gasteiger partial charge in [-0.2, -0.15) is 10.1 Å². The van der Waals surface area contributed by atoms with Crippen LogP contribution in [-0.2, 0) is 4.74 Å². The van der Waals surface area contributed by atoms with E-state index in [-0.39, 0.29) is 18.1 Å². The number of ether oxygens (including phenoxy) is 1. The molecule has 174 valence electrons. The van der Waals surface area contributed by atoms with Crippen molar-refractivity contribution in [2.45, 2.75) is 37.7 Å². The van der Waals surface area contributed by atoms with Crippen molar-refractivity contribution in [2.24, 2.45) is 0 Å². The van der Waals surface area contributed by atoms with E-state index in [0.29, 0.717) is 24.8 Å². The molecule has 10 heteroatoms. The Bertz CT molecular complexity index is 1120. The number of hydrogen-bond donors (Lipinski definition) is 4. The van der Waals surface area contributed by atoms with E-state index in [1.54, 1.807) is 7.05 Å². The number of hydrogen-bond acceptors (Lipinski definition) is 7. The lowest BCUT2D eigenvalue weighted by Gasteiger charge is -2.27. The highest BCUT2D eigenvalue weighted by Crippen LogP contribution is 2.39.